The second kappa shape index (κ2) is 4.29. The SMILES string of the molecule is O=C(c1ccoc1)c1ccc(C(F)(F)F)c(F)c1. The Bertz CT molecular complexity index is 570. The molecule has 2 aromatic rings. The number of furan rings is 1. The van der Waals surface area contributed by atoms with Crippen LogP contribution in [0.1, 0.15) is 21.5 Å². The number of hydrogen-bond donors (Lipinski definition) is 0. The summed E-state index contributed by atoms with van der Waals surface area (Å²) in [7, 11) is 0. The summed E-state index contributed by atoms with van der Waals surface area (Å²) in [4.78, 5) is 11.7. The predicted octanol–water partition coefficient (Wildman–Crippen LogP) is 3.67. The smallest absolute Gasteiger partial charge is 0.419 e. The van der Waals surface area contributed by atoms with E-state index in [-0.39, 0.29) is 11.1 Å². The molecule has 2 nitrogen and oxygen atoms in total. The lowest BCUT2D eigenvalue weighted by Crippen LogP contribution is -2.09. The highest BCUT2D eigenvalue weighted by molar-refractivity contribution is 6.08. The third kappa shape index (κ3) is 2.27. The van der Waals surface area contributed by atoms with Crippen molar-refractivity contribution in [3.8, 4) is 0 Å². The van der Waals surface area contributed by atoms with Crippen molar-refractivity contribution in [3.05, 3.63) is 59.3 Å². The van der Waals surface area contributed by atoms with Crippen molar-refractivity contribution < 1.29 is 26.8 Å². The number of halogens is 4. The fourth-order valence-corrected chi connectivity index (χ4v) is 1.45. The van der Waals surface area contributed by atoms with Crippen LogP contribution in [0.4, 0.5) is 17.6 Å². The lowest BCUT2D eigenvalue weighted by Gasteiger charge is -2.08. The minimum atomic E-state index is -4.78. The molecule has 0 unspecified atom stereocenters. The molecule has 0 saturated heterocycles. The van der Waals surface area contributed by atoms with Crippen molar-refractivity contribution in [2.45, 2.75) is 6.18 Å². The predicted molar refractivity (Wildman–Crippen MR) is 53.5 cm³/mol. The van der Waals surface area contributed by atoms with Gasteiger partial charge >= 0.3 is 6.18 Å². The molecular formula is C12H6F4O2. The number of rotatable bonds is 2. The molecule has 0 N–H and O–H groups in total. The van der Waals surface area contributed by atoms with Crippen LogP contribution in [0.5, 0.6) is 0 Å². The van der Waals surface area contributed by atoms with Gasteiger partial charge < -0.3 is 4.42 Å². The van der Waals surface area contributed by atoms with Crippen molar-refractivity contribution in [1.29, 1.82) is 0 Å². The molecule has 0 aliphatic rings. The third-order valence-electron chi connectivity index (χ3n) is 2.32. The van der Waals surface area contributed by atoms with Gasteiger partial charge in [0.25, 0.3) is 0 Å². The second-order valence-electron chi connectivity index (χ2n) is 3.53. The van der Waals surface area contributed by atoms with E-state index in [0.717, 1.165) is 12.3 Å². The number of carbonyl (C=O) groups is 1. The molecule has 1 aromatic carbocycles. The molecule has 1 heterocycles. The van der Waals surface area contributed by atoms with Gasteiger partial charge in [0, 0.05) is 5.56 Å². The minimum absolute atomic E-state index is 0.147. The molecule has 94 valence electrons. The van der Waals surface area contributed by atoms with E-state index in [0.29, 0.717) is 12.1 Å². The van der Waals surface area contributed by atoms with Gasteiger partial charge in [-0.3, -0.25) is 4.79 Å². The average Bonchev–Trinajstić information content (AvgIpc) is 2.79. The van der Waals surface area contributed by atoms with Gasteiger partial charge in [0.05, 0.1) is 17.4 Å². The van der Waals surface area contributed by atoms with Crippen molar-refractivity contribution in [1.82, 2.24) is 0 Å². The zero-order valence-electron chi connectivity index (χ0n) is 8.79. The molecule has 2 rings (SSSR count). The molecule has 0 aliphatic heterocycles. The Morgan fingerprint density at radius 2 is 1.83 bits per heavy atom. The first kappa shape index (κ1) is 12.3. The highest BCUT2D eigenvalue weighted by atomic mass is 19.4. The number of carbonyl (C=O) groups excluding carboxylic acids is 1. The first-order valence-corrected chi connectivity index (χ1v) is 4.83. The summed E-state index contributed by atoms with van der Waals surface area (Å²) in [6.45, 7) is 0. The Kier molecular flexibility index (Phi) is 2.94. The molecular weight excluding hydrogens is 252 g/mol. The van der Waals surface area contributed by atoms with E-state index in [2.05, 4.69) is 4.42 Å². The van der Waals surface area contributed by atoms with Gasteiger partial charge in [-0.05, 0) is 18.2 Å². The van der Waals surface area contributed by atoms with Crippen molar-refractivity contribution in [2.75, 3.05) is 0 Å². The average molecular weight is 258 g/mol. The molecule has 0 atom stereocenters. The summed E-state index contributed by atoms with van der Waals surface area (Å²) in [6.07, 6.45) is -2.40. The van der Waals surface area contributed by atoms with Gasteiger partial charge in [-0.2, -0.15) is 13.2 Å². The van der Waals surface area contributed by atoms with E-state index in [9.17, 15) is 22.4 Å². The molecule has 1 aromatic heterocycles. The molecule has 6 heteroatoms. The van der Waals surface area contributed by atoms with E-state index in [4.69, 9.17) is 0 Å². The monoisotopic (exact) mass is 258 g/mol. The van der Waals surface area contributed by atoms with E-state index in [1.165, 1.54) is 12.3 Å². The van der Waals surface area contributed by atoms with Crippen LogP contribution in [0.3, 0.4) is 0 Å². The van der Waals surface area contributed by atoms with E-state index < -0.39 is 23.3 Å². The van der Waals surface area contributed by atoms with Crippen LogP contribution in [0.15, 0.2) is 41.2 Å². The molecule has 0 aliphatic carbocycles. The maximum absolute atomic E-state index is 13.3. The first-order chi connectivity index (χ1) is 8.39. The van der Waals surface area contributed by atoms with Crippen LogP contribution >= 0.6 is 0 Å². The van der Waals surface area contributed by atoms with Crippen molar-refractivity contribution >= 4 is 5.78 Å². The molecule has 0 radical (unpaired) electrons. The summed E-state index contributed by atoms with van der Waals surface area (Å²) in [6, 6.07) is 3.39. The molecule has 0 bridgehead atoms. The van der Waals surface area contributed by atoms with Crippen LogP contribution in [-0.4, -0.2) is 5.78 Å². The number of hydrogen-bond acceptors (Lipinski definition) is 2. The standard InChI is InChI=1S/C12H6F4O2/c13-10-5-7(1-2-9(10)12(14,15)16)11(17)8-3-4-18-6-8/h1-6H. The zero-order chi connectivity index (χ0) is 13.3. The minimum Gasteiger partial charge on any atom is -0.472 e. The number of ketones is 1. The summed E-state index contributed by atoms with van der Waals surface area (Å²) in [5.41, 5.74) is -1.41. The quantitative estimate of drug-likeness (QED) is 0.607. The molecule has 0 fully saturated rings. The van der Waals surface area contributed by atoms with Gasteiger partial charge in [-0.1, -0.05) is 6.07 Å². The Balaban J connectivity index is 2.38. The van der Waals surface area contributed by atoms with Crippen molar-refractivity contribution in [3.63, 3.8) is 0 Å². The largest absolute Gasteiger partial charge is 0.472 e. The Hall–Kier alpha value is -2.11. The number of alkyl halides is 3. The van der Waals surface area contributed by atoms with Crippen LogP contribution in [0.2, 0.25) is 0 Å². The number of benzene rings is 1. The van der Waals surface area contributed by atoms with Crippen LogP contribution in [0, 0.1) is 5.82 Å². The first-order valence-electron chi connectivity index (χ1n) is 4.83. The van der Waals surface area contributed by atoms with Crippen LogP contribution in [-0.2, 0) is 6.18 Å². The summed E-state index contributed by atoms with van der Waals surface area (Å²) in [5.74, 6) is -2.08. The maximum atomic E-state index is 13.3. The van der Waals surface area contributed by atoms with E-state index in [1.807, 2.05) is 0 Å². The fraction of sp³-hybridized carbons (Fsp3) is 0.0833. The zero-order valence-corrected chi connectivity index (χ0v) is 8.79. The lowest BCUT2D eigenvalue weighted by atomic mass is 10.0. The highest BCUT2D eigenvalue weighted by Gasteiger charge is 2.34. The van der Waals surface area contributed by atoms with Crippen LogP contribution in [0.25, 0.3) is 0 Å². The van der Waals surface area contributed by atoms with Crippen LogP contribution < -0.4 is 0 Å². The summed E-state index contributed by atoms with van der Waals surface area (Å²) in [5, 5.41) is 0. The molecule has 0 amide bonds. The highest BCUT2D eigenvalue weighted by Crippen LogP contribution is 2.31. The van der Waals surface area contributed by atoms with Gasteiger partial charge in [-0.25, -0.2) is 4.39 Å². The third-order valence-corrected chi connectivity index (χ3v) is 2.32. The Morgan fingerprint density at radius 1 is 1.11 bits per heavy atom. The van der Waals surface area contributed by atoms with Crippen molar-refractivity contribution in [2.24, 2.45) is 0 Å². The topological polar surface area (TPSA) is 30.2 Å². The Morgan fingerprint density at radius 3 is 2.33 bits per heavy atom. The van der Waals surface area contributed by atoms with E-state index in [1.54, 1.807) is 0 Å². The van der Waals surface area contributed by atoms with E-state index >= 15 is 0 Å². The molecule has 0 saturated carbocycles. The normalized spacial score (nSPS) is 11.6. The summed E-state index contributed by atoms with van der Waals surface area (Å²) >= 11 is 0. The van der Waals surface area contributed by atoms with Gasteiger partial charge in [-0.15, -0.1) is 0 Å². The lowest BCUT2D eigenvalue weighted by molar-refractivity contribution is -0.140. The Labute approximate surface area is 98.8 Å². The maximum Gasteiger partial charge on any atom is 0.419 e. The molecule has 0 spiro atoms. The molecule has 18 heavy (non-hydrogen) atoms. The summed E-state index contributed by atoms with van der Waals surface area (Å²) < 4.78 is 54.9. The van der Waals surface area contributed by atoms with Gasteiger partial charge in [0.2, 0.25) is 0 Å². The fourth-order valence-electron chi connectivity index (χ4n) is 1.45. The van der Waals surface area contributed by atoms with Gasteiger partial charge in [0.1, 0.15) is 12.1 Å². The second-order valence-corrected chi connectivity index (χ2v) is 3.53. The van der Waals surface area contributed by atoms with Gasteiger partial charge in [0.15, 0.2) is 5.78 Å².